The number of nitrogens with one attached hydrogen (secondary N) is 2. The number of aliphatic imine (C=N–C) groups is 1. The maximum atomic E-state index is 11.5. The largest absolute Gasteiger partial charge is 0.356 e. The summed E-state index contributed by atoms with van der Waals surface area (Å²) in [4.78, 5) is 4.66. The van der Waals surface area contributed by atoms with Crippen LogP contribution in [0.3, 0.4) is 0 Å². The molecule has 0 aliphatic heterocycles. The first-order valence-corrected chi connectivity index (χ1v) is 11.5. The third kappa shape index (κ3) is 6.63. The molecule has 0 radical (unpaired) electrons. The summed E-state index contributed by atoms with van der Waals surface area (Å²) in [6.45, 7) is 4.05. The minimum absolute atomic E-state index is 0.365. The van der Waals surface area contributed by atoms with E-state index in [9.17, 15) is 8.42 Å². The van der Waals surface area contributed by atoms with Crippen molar-refractivity contribution in [2.45, 2.75) is 50.3 Å². The Morgan fingerprint density at radius 1 is 1.08 bits per heavy atom. The van der Waals surface area contributed by atoms with E-state index >= 15 is 0 Å². The van der Waals surface area contributed by atoms with Gasteiger partial charge in [-0.1, -0.05) is 38.3 Å². The van der Waals surface area contributed by atoms with E-state index in [0.29, 0.717) is 4.90 Å². The predicted octanol–water partition coefficient (Wildman–Crippen LogP) is 3.01. The van der Waals surface area contributed by atoms with Crippen molar-refractivity contribution in [2.75, 3.05) is 26.4 Å². The van der Waals surface area contributed by atoms with Gasteiger partial charge in [-0.25, -0.2) is 8.42 Å². The molecule has 5 nitrogen and oxygen atoms in total. The monoisotopic (exact) mass is 379 g/mol. The fraction of sp³-hybridized carbons (Fsp3) is 0.650. The Balaban J connectivity index is 1.70. The molecule has 6 heteroatoms. The first-order valence-electron chi connectivity index (χ1n) is 9.66. The van der Waals surface area contributed by atoms with Gasteiger partial charge in [-0.15, -0.1) is 0 Å². The van der Waals surface area contributed by atoms with Gasteiger partial charge in [0, 0.05) is 26.4 Å². The van der Waals surface area contributed by atoms with Crippen molar-refractivity contribution in [3.63, 3.8) is 0 Å². The number of nitrogens with zero attached hydrogens (tertiary/aromatic N) is 1. The Morgan fingerprint density at radius 2 is 1.69 bits per heavy atom. The second-order valence-electron chi connectivity index (χ2n) is 7.34. The molecule has 1 aliphatic carbocycles. The topological polar surface area (TPSA) is 70.6 Å². The predicted molar refractivity (Wildman–Crippen MR) is 108 cm³/mol. The third-order valence-corrected chi connectivity index (χ3v) is 6.51. The highest BCUT2D eigenvalue weighted by molar-refractivity contribution is 7.90. The number of sulfone groups is 1. The second-order valence-corrected chi connectivity index (χ2v) is 9.36. The van der Waals surface area contributed by atoms with Crippen LogP contribution >= 0.6 is 0 Å². The Labute approximate surface area is 158 Å². The highest BCUT2D eigenvalue weighted by Gasteiger charge is 2.19. The molecule has 2 rings (SSSR count). The van der Waals surface area contributed by atoms with Crippen LogP contribution in [0.4, 0.5) is 0 Å². The van der Waals surface area contributed by atoms with Crippen LogP contribution in [0.2, 0.25) is 0 Å². The molecule has 0 spiro atoms. The van der Waals surface area contributed by atoms with Gasteiger partial charge in [-0.3, -0.25) is 4.99 Å². The third-order valence-electron chi connectivity index (χ3n) is 5.38. The van der Waals surface area contributed by atoms with E-state index in [4.69, 9.17) is 0 Å². The van der Waals surface area contributed by atoms with Gasteiger partial charge in [0.1, 0.15) is 0 Å². The second kappa shape index (κ2) is 9.95. The lowest BCUT2D eigenvalue weighted by Crippen LogP contribution is -2.41. The lowest BCUT2D eigenvalue weighted by atomic mass is 9.81. The Morgan fingerprint density at radius 3 is 2.23 bits per heavy atom. The van der Waals surface area contributed by atoms with E-state index in [1.54, 1.807) is 19.2 Å². The van der Waals surface area contributed by atoms with Crippen LogP contribution in [0, 0.1) is 11.8 Å². The molecule has 26 heavy (non-hydrogen) atoms. The summed E-state index contributed by atoms with van der Waals surface area (Å²) in [6, 6.07) is 7.09. The molecule has 1 saturated carbocycles. The van der Waals surface area contributed by atoms with E-state index < -0.39 is 9.84 Å². The van der Waals surface area contributed by atoms with Crippen LogP contribution in [-0.4, -0.2) is 40.8 Å². The summed E-state index contributed by atoms with van der Waals surface area (Å²) in [5, 5.41) is 6.79. The van der Waals surface area contributed by atoms with Crippen molar-refractivity contribution in [3.05, 3.63) is 29.8 Å². The smallest absolute Gasteiger partial charge is 0.190 e. The van der Waals surface area contributed by atoms with E-state index in [2.05, 4.69) is 22.5 Å². The van der Waals surface area contributed by atoms with Crippen molar-refractivity contribution < 1.29 is 8.42 Å². The summed E-state index contributed by atoms with van der Waals surface area (Å²) in [7, 11) is -1.33. The number of benzene rings is 1. The van der Waals surface area contributed by atoms with Gasteiger partial charge in [-0.05, 0) is 48.8 Å². The average Bonchev–Trinajstić information content (AvgIpc) is 2.64. The highest BCUT2D eigenvalue weighted by Crippen LogP contribution is 2.30. The van der Waals surface area contributed by atoms with Crippen molar-refractivity contribution in [2.24, 2.45) is 16.8 Å². The van der Waals surface area contributed by atoms with E-state index in [1.807, 2.05) is 12.1 Å². The van der Waals surface area contributed by atoms with E-state index in [-0.39, 0.29) is 0 Å². The average molecular weight is 380 g/mol. The van der Waals surface area contributed by atoms with Gasteiger partial charge in [0.25, 0.3) is 0 Å². The summed E-state index contributed by atoms with van der Waals surface area (Å²) in [6.07, 6.45) is 8.72. The fourth-order valence-electron chi connectivity index (χ4n) is 3.53. The number of hydrogen-bond donors (Lipinski definition) is 2. The lowest BCUT2D eigenvalue weighted by Gasteiger charge is -2.28. The van der Waals surface area contributed by atoms with Crippen molar-refractivity contribution in [1.29, 1.82) is 0 Å². The zero-order valence-corrected chi connectivity index (χ0v) is 17.1. The zero-order chi connectivity index (χ0) is 19.0. The molecule has 1 fully saturated rings. The molecule has 0 saturated heterocycles. The van der Waals surface area contributed by atoms with Gasteiger partial charge in [0.2, 0.25) is 0 Å². The van der Waals surface area contributed by atoms with Gasteiger partial charge < -0.3 is 10.6 Å². The maximum absolute atomic E-state index is 11.5. The molecule has 0 amide bonds. The Hall–Kier alpha value is -1.56. The van der Waals surface area contributed by atoms with Gasteiger partial charge in [0.15, 0.2) is 15.8 Å². The maximum Gasteiger partial charge on any atom is 0.190 e. The summed E-state index contributed by atoms with van der Waals surface area (Å²) in [5.74, 6) is 2.52. The van der Waals surface area contributed by atoms with Crippen molar-refractivity contribution in [1.82, 2.24) is 10.6 Å². The lowest BCUT2D eigenvalue weighted by molar-refractivity contribution is 0.269. The molecule has 146 valence electrons. The molecule has 0 heterocycles. The van der Waals surface area contributed by atoms with Gasteiger partial charge in [-0.2, -0.15) is 0 Å². The van der Waals surface area contributed by atoms with Crippen molar-refractivity contribution in [3.8, 4) is 0 Å². The fourth-order valence-corrected chi connectivity index (χ4v) is 4.16. The quantitative estimate of drug-likeness (QED) is 0.564. The molecule has 1 aromatic carbocycles. The van der Waals surface area contributed by atoms with Crippen LogP contribution < -0.4 is 10.6 Å². The molecular weight excluding hydrogens is 346 g/mol. The molecule has 0 bridgehead atoms. The minimum atomic E-state index is -3.13. The summed E-state index contributed by atoms with van der Waals surface area (Å²) in [5.41, 5.74) is 1.11. The van der Waals surface area contributed by atoms with Crippen LogP contribution in [-0.2, 0) is 16.3 Å². The first-order chi connectivity index (χ1) is 12.4. The van der Waals surface area contributed by atoms with Crippen LogP contribution in [0.15, 0.2) is 34.2 Å². The van der Waals surface area contributed by atoms with Crippen LogP contribution in [0.5, 0.6) is 0 Å². The van der Waals surface area contributed by atoms with E-state index in [1.165, 1.54) is 38.4 Å². The summed E-state index contributed by atoms with van der Waals surface area (Å²) >= 11 is 0. The standard InChI is InChI=1S/C20H33N3O2S/c1-4-16-5-7-18(8-6-16)15-23-20(21-2)22-14-13-17-9-11-19(12-10-17)26(3,24)25/h9-12,16,18H,4-8,13-15H2,1-3H3,(H2,21,22,23). The number of hydrogen-bond acceptors (Lipinski definition) is 3. The molecule has 2 N–H and O–H groups in total. The SMILES string of the molecule is CCC1CCC(CNC(=NC)NCCc2ccc(S(C)(=O)=O)cc2)CC1. The molecule has 1 aliphatic rings. The number of guanidine groups is 1. The Bertz CT molecular complexity index is 676. The molecule has 1 aromatic rings. The molecule has 0 aromatic heterocycles. The molecular formula is C20H33N3O2S. The normalized spacial score (nSPS) is 21.4. The van der Waals surface area contributed by atoms with Gasteiger partial charge in [0.05, 0.1) is 4.90 Å². The number of rotatable bonds is 7. The minimum Gasteiger partial charge on any atom is -0.356 e. The molecule has 0 atom stereocenters. The van der Waals surface area contributed by atoms with Crippen LogP contribution in [0.25, 0.3) is 0 Å². The van der Waals surface area contributed by atoms with Crippen LogP contribution in [0.1, 0.15) is 44.6 Å². The van der Waals surface area contributed by atoms with Crippen molar-refractivity contribution >= 4 is 15.8 Å². The zero-order valence-electron chi connectivity index (χ0n) is 16.3. The Kier molecular flexibility index (Phi) is 7.94. The van der Waals surface area contributed by atoms with E-state index in [0.717, 1.165) is 42.9 Å². The molecule has 0 unspecified atom stereocenters. The van der Waals surface area contributed by atoms with Gasteiger partial charge >= 0.3 is 0 Å². The summed E-state index contributed by atoms with van der Waals surface area (Å²) < 4.78 is 23.0. The first kappa shape index (κ1) is 20.7. The highest BCUT2D eigenvalue weighted by atomic mass is 32.2.